The minimum absolute atomic E-state index is 0.965. The molecule has 63 valence electrons. The van der Waals surface area contributed by atoms with Crippen LogP contribution in [-0.2, 0) is 6.42 Å². The fraction of sp³-hybridized carbons (Fsp3) is 0.500. The van der Waals surface area contributed by atoms with Gasteiger partial charge in [-0.1, -0.05) is 49.9 Å². The highest BCUT2D eigenvalue weighted by Gasteiger charge is 2.14. The third kappa shape index (κ3) is 1.88. The van der Waals surface area contributed by atoms with Crippen molar-refractivity contribution in [3.8, 4) is 0 Å². The maximum atomic E-state index is 3.06. The van der Waals surface area contributed by atoms with Crippen molar-refractivity contribution < 1.29 is 0 Å². The maximum Gasteiger partial charge on any atom is -0.0184 e. The Morgan fingerprint density at radius 1 is 1.17 bits per heavy atom. The number of hydrogen-bond donors (Lipinski definition) is 0. The number of benzene rings is 1. The number of hydrogen-bond acceptors (Lipinski definition) is 0. The van der Waals surface area contributed by atoms with Crippen molar-refractivity contribution in [2.45, 2.75) is 32.1 Å². The Hall–Kier alpha value is -0.780. The van der Waals surface area contributed by atoms with E-state index in [4.69, 9.17) is 0 Å². The van der Waals surface area contributed by atoms with Gasteiger partial charge in [-0.15, -0.1) is 0 Å². The first-order valence-corrected chi connectivity index (χ1v) is 4.90. The molecule has 0 unspecified atom stereocenters. The summed E-state index contributed by atoms with van der Waals surface area (Å²) in [6.07, 6.45) is 7.07. The molecular formula is C12H15. The zero-order valence-corrected chi connectivity index (χ0v) is 7.42. The molecule has 0 aromatic heterocycles. The second-order valence-corrected chi connectivity index (χ2v) is 3.76. The van der Waals surface area contributed by atoms with Gasteiger partial charge < -0.3 is 0 Å². The van der Waals surface area contributed by atoms with E-state index in [1.807, 2.05) is 12.1 Å². The summed E-state index contributed by atoms with van der Waals surface area (Å²) in [5, 5.41) is 0. The summed E-state index contributed by atoms with van der Waals surface area (Å²) in [7, 11) is 0. The Kier molecular flexibility index (Phi) is 2.45. The molecule has 1 aliphatic rings. The van der Waals surface area contributed by atoms with Crippen LogP contribution in [0.4, 0.5) is 0 Å². The molecule has 1 saturated carbocycles. The lowest BCUT2D eigenvalue weighted by atomic mass is 9.98. The molecule has 0 bridgehead atoms. The van der Waals surface area contributed by atoms with Gasteiger partial charge in [0.05, 0.1) is 0 Å². The van der Waals surface area contributed by atoms with Crippen LogP contribution in [-0.4, -0.2) is 0 Å². The van der Waals surface area contributed by atoms with Gasteiger partial charge in [-0.05, 0) is 24.0 Å². The predicted molar refractivity (Wildman–Crippen MR) is 50.9 cm³/mol. The minimum Gasteiger partial charge on any atom is -0.0584 e. The summed E-state index contributed by atoms with van der Waals surface area (Å²) < 4.78 is 0. The summed E-state index contributed by atoms with van der Waals surface area (Å²) in [5.74, 6) is 0.965. The Labute approximate surface area is 74.6 Å². The summed E-state index contributed by atoms with van der Waals surface area (Å²) in [4.78, 5) is 0. The molecule has 1 aromatic rings. The van der Waals surface area contributed by atoms with Crippen molar-refractivity contribution in [2.75, 3.05) is 0 Å². The van der Waals surface area contributed by atoms with E-state index < -0.39 is 0 Å². The molecule has 0 atom stereocenters. The lowest BCUT2D eigenvalue weighted by Gasteiger charge is -2.07. The molecule has 0 N–H and O–H groups in total. The molecule has 1 aromatic carbocycles. The monoisotopic (exact) mass is 159 g/mol. The topological polar surface area (TPSA) is 0 Å². The van der Waals surface area contributed by atoms with Gasteiger partial charge >= 0.3 is 0 Å². The summed E-state index contributed by atoms with van der Waals surface area (Å²) in [6, 6.07) is 11.5. The van der Waals surface area contributed by atoms with E-state index in [-0.39, 0.29) is 0 Å². The molecule has 0 heterocycles. The Bertz CT molecular complexity index is 219. The van der Waals surface area contributed by atoms with Gasteiger partial charge in [0, 0.05) is 0 Å². The standard InChI is InChI=1S/C12H15/c1-2-6-11(7-3-1)10-12-8-4-5-9-12/h2-3,6-7,12H,4-5,8-10H2. The second-order valence-electron chi connectivity index (χ2n) is 3.76. The average molecular weight is 159 g/mol. The fourth-order valence-corrected chi connectivity index (χ4v) is 2.11. The molecule has 0 aliphatic heterocycles. The largest absolute Gasteiger partial charge is 0.0584 e. The van der Waals surface area contributed by atoms with Crippen LogP contribution < -0.4 is 0 Å². The quantitative estimate of drug-likeness (QED) is 0.621. The fourth-order valence-electron chi connectivity index (χ4n) is 2.11. The summed E-state index contributed by atoms with van der Waals surface area (Å²) >= 11 is 0. The highest BCUT2D eigenvalue weighted by molar-refractivity contribution is 5.14. The molecule has 0 heteroatoms. The smallest absolute Gasteiger partial charge is 0.0184 e. The van der Waals surface area contributed by atoms with Gasteiger partial charge in [-0.3, -0.25) is 0 Å². The molecule has 0 nitrogen and oxygen atoms in total. The molecule has 0 amide bonds. The van der Waals surface area contributed by atoms with Crippen molar-refractivity contribution >= 4 is 0 Å². The summed E-state index contributed by atoms with van der Waals surface area (Å²) in [5.41, 5.74) is 1.49. The van der Waals surface area contributed by atoms with E-state index >= 15 is 0 Å². The van der Waals surface area contributed by atoms with Gasteiger partial charge in [-0.25, -0.2) is 0 Å². The van der Waals surface area contributed by atoms with Gasteiger partial charge in [0.2, 0.25) is 0 Å². The average Bonchev–Trinajstić information content (AvgIpc) is 2.59. The summed E-state index contributed by atoms with van der Waals surface area (Å²) in [6.45, 7) is 0. The molecule has 2 rings (SSSR count). The molecule has 12 heavy (non-hydrogen) atoms. The molecule has 1 radical (unpaired) electrons. The lowest BCUT2D eigenvalue weighted by molar-refractivity contribution is 0.546. The van der Waals surface area contributed by atoms with Crippen molar-refractivity contribution in [1.82, 2.24) is 0 Å². The van der Waals surface area contributed by atoms with E-state index in [0.29, 0.717) is 0 Å². The van der Waals surface area contributed by atoms with Gasteiger partial charge in [0.15, 0.2) is 0 Å². The van der Waals surface area contributed by atoms with Crippen molar-refractivity contribution in [3.63, 3.8) is 0 Å². The predicted octanol–water partition coefficient (Wildman–Crippen LogP) is 3.22. The molecule has 0 spiro atoms. The lowest BCUT2D eigenvalue weighted by Crippen LogP contribution is -1.97. The SMILES string of the molecule is [c]1ccc(CC2CCCC2)cc1. The van der Waals surface area contributed by atoms with E-state index in [1.54, 1.807) is 0 Å². The van der Waals surface area contributed by atoms with Crippen molar-refractivity contribution in [2.24, 2.45) is 5.92 Å². The van der Waals surface area contributed by atoms with Crippen LogP contribution in [0.3, 0.4) is 0 Å². The second kappa shape index (κ2) is 3.75. The molecule has 0 saturated heterocycles. The third-order valence-electron chi connectivity index (χ3n) is 2.79. The van der Waals surface area contributed by atoms with Crippen molar-refractivity contribution in [1.29, 1.82) is 0 Å². The highest BCUT2D eigenvalue weighted by atomic mass is 14.2. The van der Waals surface area contributed by atoms with Gasteiger partial charge in [0.1, 0.15) is 0 Å². The van der Waals surface area contributed by atoms with Crippen LogP contribution >= 0.6 is 0 Å². The Morgan fingerprint density at radius 2 is 1.83 bits per heavy atom. The zero-order chi connectivity index (χ0) is 8.23. The van der Waals surface area contributed by atoms with Crippen molar-refractivity contribution in [3.05, 3.63) is 35.9 Å². The van der Waals surface area contributed by atoms with Crippen LogP contribution in [0.15, 0.2) is 24.3 Å². The maximum absolute atomic E-state index is 3.06. The Balaban J connectivity index is 1.94. The zero-order valence-electron chi connectivity index (χ0n) is 7.42. The van der Waals surface area contributed by atoms with E-state index in [1.165, 1.54) is 37.7 Å². The van der Waals surface area contributed by atoms with E-state index in [0.717, 1.165) is 5.92 Å². The van der Waals surface area contributed by atoms with E-state index in [2.05, 4.69) is 18.2 Å². The normalized spacial score (nSPS) is 18.3. The van der Waals surface area contributed by atoms with Gasteiger partial charge in [0.25, 0.3) is 0 Å². The van der Waals surface area contributed by atoms with Crippen LogP contribution in [0.2, 0.25) is 0 Å². The van der Waals surface area contributed by atoms with Crippen LogP contribution in [0, 0.1) is 12.0 Å². The highest BCUT2D eigenvalue weighted by Crippen LogP contribution is 2.27. The third-order valence-corrected chi connectivity index (χ3v) is 2.79. The first kappa shape index (κ1) is 7.85. The minimum atomic E-state index is 0.965. The van der Waals surface area contributed by atoms with Crippen LogP contribution in [0.1, 0.15) is 31.2 Å². The van der Waals surface area contributed by atoms with Gasteiger partial charge in [-0.2, -0.15) is 0 Å². The first-order valence-electron chi connectivity index (χ1n) is 4.90. The Morgan fingerprint density at radius 3 is 2.50 bits per heavy atom. The molecule has 1 aliphatic carbocycles. The number of rotatable bonds is 2. The molecule has 1 fully saturated rings. The van der Waals surface area contributed by atoms with Crippen LogP contribution in [0.25, 0.3) is 0 Å². The van der Waals surface area contributed by atoms with E-state index in [9.17, 15) is 0 Å². The first-order chi connectivity index (χ1) is 5.95. The van der Waals surface area contributed by atoms with Crippen LogP contribution in [0.5, 0.6) is 0 Å². The molecular weight excluding hydrogens is 144 g/mol.